The van der Waals surface area contributed by atoms with Gasteiger partial charge in [0.15, 0.2) is 0 Å². The van der Waals surface area contributed by atoms with Crippen molar-refractivity contribution in [3.05, 3.63) is 66.7 Å². The second-order valence-corrected chi connectivity index (χ2v) is 5.40. The number of anilines is 1. The van der Waals surface area contributed by atoms with Gasteiger partial charge in [0.05, 0.1) is 11.0 Å². The summed E-state index contributed by atoms with van der Waals surface area (Å²) in [6.07, 6.45) is 0. The maximum Gasteiger partial charge on any atom is 0.0568 e. The highest BCUT2D eigenvalue weighted by Crippen LogP contribution is 2.35. The number of para-hydroxylation sites is 1. The average Bonchev–Trinajstić information content (AvgIpc) is 2.81. The first-order chi connectivity index (χ1) is 10.3. The Morgan fingerprint density at radius 3 is 2.43 bits per heavy atom. The smallest absolute Gasteiger partial charge is 0.0568 e. The number of nitrogens with two attached hydrogens (primary N) is 1. The van der Waals surface area contributed by atoms with Crippen LogP contribution in [0.15, 0.2) is 66.7 Å². The topological polar surface area (TPSA) is 30.9 Å². The minimum Gasteiger partial charge on any atom is -0.399 e. The van der Waals surface area contributed by atoms with Crippen LogP contribution in [0, 0.1) is 0 Å². The van der Waals surface area contributed by atoms with E-state index in [1.165, 1.54) is 32.9 Å². The fourth-order valence-electron chi connectivity index (χ4n) is 3.15. The Morgan fingerprint density at radius 1 is 0.810 bits per heavy atom. The van der Waals surface area contributed by atoms with E-state index in [-0.39, 0.29) is 0 Å². The number of aryl methyl sites for hydroxylation is 1. The molecular weight excluding hydrogens is 256 g/mol. The zero-order valence-corrected chi connectivity index (χ0v) is 11.9. The molecule has 1 heterocycles. The quantitative estimate of drug-likeness (QED) is 0.505. The number of aromatic nitrogens is 1. The summed E-state index contributed by atoms with van der Waals surface area (Å²) in [5.74, 6) is 0. The van der Waals surface area contributed by atoms with Gasteiger partial charge < -0.3 is 10.3 Å². The summed E-state index contributed by atoms with van der Waals surface area (Å²) in [6, 6.07) is 23.1. The maximum absolute atomic E-state index is 5.95. The Labute approximate surface area is 123 Å². The molecule has 2 nitrogen and oxygen atoms in total. The molecule has 4 aromatic rings. The van der Waals surface area contributed by atoms with E-state index in [0.717, 1.165) is 5.69 Å². The summed E-state index contributed by atoms with van der Waals surface area (Å²) in [4.78, 5) is 0. The molecule has 0 saturated carbocycles. The molecule has 2 heteroatoms. The van der Waals surface area contributed by atoms with Crippen LogP contribution in [0.1, 0.15) is 0 Å². The number of benzene rings is 3. The summed E-state index contributed by atoms with van der Waals surface area (Å²) in [5.41, 5.74) is 11.7. The van der Waals surface area contributed by atoms with E-state index in [1.54, 1.807) is 0 Å². The molecule has 0 fully saturated rings. The SMILES string of the molecule is Cn1c2cc(N)ccc2c2cccc(-c3ccccc3)c21. The van der Waals surface area contributed by atoms with Crippen LogP contribution in [-0.2, 0) is 7.05 Å². The monoisotopic (exact) mass is 272 g/mol. The molecule has 2 N–H and O–H groups in total. The van der Waals surface area contributed by atoms with Gasteiger partial charge in [-0.2, -0.15) is 0 Å². The molecule has 0 atom stereocenters. The zero-order valence-electron chi connectivity index (χ0n) is 11.9. The third-order valence-corrected chi connectivity index (χ3v) is 4.13. The lowest BCUT2D eigenvalue weighted by Crippen LogP contribution is -1.91. The number of nitrogens with zero attached hydrogens (tertiary/aromatic N) is 1. The third kappa shape index (κ3) is 1.73. The molecule has 1 aromatic heterocycles. The second kappa shape index (κ2) is 4.38. The molecule has 3 aromatic carbocycles. The number of rotatable bonds is 1. The highest BCUT2D eigenvalue weighted by molar-refractivity contribution is 6.13. The highest BCUT2D eigenvalue weighted by atomic mass is 14.9. The summed E-state index contributed by atoms with van der Waals surface area (Å²) in [6.45, 7) is 0. The first-order valence-electron chi connectivity index (χ1n) is 7.08. The van der Waals surface area contributed by atoms with Crippen molar-refractivity contribution in [3.63, 3.8) is 0 Å². The van der Waals surface area contributed by atoms with Gasteiger partial charge in [0.1, 0.15) is 0 Å². The van der Waals surface area contributed by atoms with Crippen molar-refractivity contribution in [3.8, 4) is 11.1 Å². The van der Waals surface area contributed by atoms with Crippen molar-refractivity contribution in [2.75, 3.05) is 5.73 Å². The van der Waals surface area contributed by atoms with Gasteiger partial charge in [0.25, 0.3) is 0 Å². The molecule has 0 amide bonds. The van der Waals surface area contributed by atoms with E-state index < -0.39 is 0 Å². The molecule has 0 bridgehead atoms. The molecule has 102 valence electrons. The van der Waals surface area contributed by atoms with Crippen molar-refractivity contribution >= 4 is 27.5 Å². The van der Waals surface area contributed by atoms with Crippen LogP contribution in [0.5, 0.6) is 0 Å². The summed E-state index contributed by atoms with van der Waals surface area (Å²) in [5, 5.41) is 2.52. The number of fused-ring (bicyclic) bond motifs is 3. The fraction of sp³-hybridized carbons (Fsp3) is 0.0526. The van der Waals surface area contributed by atoms with E-state index in [1.807, 2.05) is 18.2 Å². The summed E-state index contributed by atoms with van der Waals surface area (Å²) >= 11 is 0. The van der Waals surface area contributed by atoms with E-state index in [2.05, 4.69) is 60.1 Å². The number of hydrogen-bond acceptors (Lipinski definition) is 1. The Morgan fingerprint density at radius 2 is 1.62 bits per heavy atom. The zero-order chi connectivity index (χ0) is 14.4. The van der Waals surface area contributed by atoms with Crippen LogP contribution in [0.25, 0.3) is 32.9 Å². The van der Waals surface area contributed by atoms with Crippen molar-refractivity contribution < 1.29 is 0 Å². The van der Waals surface area contributed by atoms with Crippen LogP contribution in [-0.4, -0.2) is 4.57 Å². The van der Waals surface area contributed by atoms with Gasteiger partial charge in [-0.1, -0.05) is 54.6 Å². The molecule has 0 spiro atoms. The van der Waals surface area contributed by atoms with Crippen LogP contribution in [0.4, 0.5) is 5.69 Å². The average molecular weight is 272 g/mol. The molecule has 0 radical (unpaired) electrons. The van der Waals surface area contributed by atoms with Gasteiger partial charge in [-0.3, -0.25) is 0 Å². The van der Waals surface area contributed by atoms with Gasteiger partial charge in [-0.25, -0.2) is 0 Å². The van der Waals surface area contributed by atoms with Crippen LogP contribution in [0.3, 0.4) is 0 Å². The molecule has 21 heavy (non-hydrogen) atoms. The van der Waals surface area contributed by atoms with Crippen molar-refractivity contribution in [2.24, 2.45) is 7.05 Å². The minimum absolute atomic E-state index is 0.801. The number of nitrogen functional groups attached to an aromatic ring is 1. The Bertz CT molecular complexity index is 950. The van der Waals surface area contributed by atoms with Crippen molar-refractivity contribution in [1.82, 2.24) is 4.57 Å². The Balaban J connectivity index is 2.17. The Kier molecular flexibility index (Phi) is 2.51. The first kappa shape index (κ1) is 12.0. The molecular formula is C19H16N2. The van der Waals surface area contributed by atoms with E-state index >= 15 is 0 Å². The molecule has 0 aliphatic rings. The number of hydrogen-bond donors (Lipinski definition) is 1. The maximum atomic E-state index is 5.95. The van der Waals surface area contributed by atoms with Gasteiger partial charge >= 0.3 is 0 Å². The van der Waals surface area contributed by atoms with E-state index in [4.69, 9.17) is 5.73 Å². The lowest BCUT2D eigenvalue weighted by Gasteiger charge is -2.06. The van der Waals surface area contributed by atoms with Crippen LogP contribution in [0.2, 0.25) is 0 Å². The molecule has 0 saturated heterocycles. The molecule has 0 unspecified atom stereocenters. The lowest BCUT2D eigenvalue weighted by atomic mass is 10.0. The van der Waals surface area contributed by atoms with Gasteiger partial charge in [-0.05, 0) is 17.7 Å². The summed E-state index contributed by atoms with van der Waals surface area (Å²) in [7, 11) is 2.11. The first-order valence-corrected chi connectivity index (χ1v) is 7.08. The largest absolute Gasteiger partial charge is 0.399 e. The van der Waals surface area contributed by atoms with Crippen LogP contribution >= 0.6 is 0 Å². The fourth-order valence-corrected chi connectivity index (χ4v) is 3.15. The van der Waals surface area contributed by atoms with Crippen LogP contribution < -0.4 is 5.73 Å². The van der Waals surface area contributed by atoms with Gasteiger partial charge in [0.2, 0.25) is 0 Å². The standard InChI is InChI=1S/C19H16N2/c1-21-18-12-14(20)10-11-16(18)17-9-5-8-15(19(17)21)13-6-3-2-4-7-13/h2-12H,20H2,1H3. The molecule has 0 aliphatic carbocycles. The molecule has 0 aliphatic heterocycles. The van der Waals surface area contributed by atoms with Gasteiger partial charge in [-0.15, -0.1) is 0 Å². The van der Waals surface area contributed by atoms with Crippen molar-refractivity contribution in [2.45, 2.75) is 0 Å². The van der Waals surface area contributed by atoms with Gasteiger partial charge in [0, 0.05) is 29.1 Å². The third-order valence-electron chi connectivity index (χ3n) is 4.13. The predicted octanol–water partition coefficient (Wildman–Crippen LogP) is 4.58. The van der Waals surface area contributed by atoms with E-state index in [9.17, 15) is 0 Å². The highest BCUT2D eigenvalue weighted by Gasteiger charge is 2.12. The minimum atomic E-state index is 0.801. The Hall–Kier alpha value is -2.74. The molecule has 4 rings (SSSR count). The second-order valence-electron chi connectivity index (χ2n) is 5.40. The van der Waals surface area contributed by atoms with Crippen molar-refractivity contribution in [1.29, 1.82) is 0 Å². The normalized spacial score (nSPS) is 11.3. The predicted molar refractivity (Wildman–Crippen MR) is 90.3 cm³/mol. The lowest BCUT2D eigenvalue weighted by molar-refractivity contribution is 1.02. The summed E-state index contributed by atoms with van der Waals surface area (Å²) < 4.78 is 2.24. The van der Waals surface area contributed by atoms with E-state index in [0.29, 0.717) is 0 Å².